The predicted molar refractivity (Wildman–Crippen MR) is 49.2 cm³/mol. The van der Waals surface area contributed by atoms with E-state index in [0.717, 1.165) is 19.3 Å². The van der Waals surface area contributed by atoms with Gasteiger partial charge in [-0.05, 0) is 12.8 Å². The Labute approximate surface area is 77.1 Å². The maximum atomic E-state index is 5.80. The van der Waals surface area contributed by atoms with Crippen LogP contribution < -0.4 is 0 Å². The second-order valence-corrected chi connectivity index (χ2v) is 3.21. The van der Waals surface area contributed by atoms with Gasteiger partial charge in [0.1, 0.15) is 0 Å². The third kappa shape index (κ3) is 6.73. The van der Waals surface area contributed by atoms with Crippen LogP contribution in [0.2, 0.25) is 0 Å². The molecule has 0 saturated heterocycles. The van der Waals surface area contributed by atoms with Crippen molar-refractivity contribution in [2.24, 2.45) is 0 Å². The molecule has 0 aromatic rings. The summed E-state index contributed by atoms with van der Waals surface area (Å²) in [6, 6.07) is 0. The lowest BCUT2D eigenvalue weighted by Crippen LogP contribution is -1.92. The fourth-order valence-corrected chi connectivity index (χ4v) is 1.28. The molecule has 0 aliphatic rings. The van der Waals surface area contributed by atoms with Gasteiger partial charge in [0.25, 0.3) is 0 Å². The molecular formula is C7H11Cl3. The molecule has 1 atom stereocenters. The molecule has 0 aliphatic carbocycles. The normalized spacial score (nSPS) is 14.3. The molecule has 0 aliphatic heterocycles. The highest BCUT2D eigenvalue weighted by Crippen LogP contribution is 2.09. The topological polar surface area (TPSA) is 0 Å². The van der Waals surface area contributed by atoms with Gasteiger partial charge in [0, 0.05) is 11.4 Å². The Hall–Kier alpha value is 0.610. The van der Waals surface area contributed by atoms with Crippen LogP contribution in [0.1, 0.15) is 19.3 Å². The fourth-order valence-electron chi connectivity index (χ4n) is 0.609. The van der Waals surface area contributed by atoms with E-state index in [9.17, 15) is 0 Å². The highest BCUT2D eigenvalue weighted by atomic mass is 35.5. The number of rotatable bonds is 5. The second kappa shape index (κ2) is 7.71. The van der Waals surface area contributed by atoms with E-state index >= 15 is 0 Å². The quantitative estimate of drug-likeness (QED) is 0.469. The zero-order chi connectivity index (χ0) is 7.82. The fraction of sp³-hybridized carbons (Fsp3) is 0.714. The van der Waals surface area contributed by atoms with Gasteiger partial charge in [-0.1, -0.05) is 24.1 Å². The van der Waals surface area contributed by atoms with Crippen LogP contribution in [0.25, 0.3) is 0 Å². The van der Waals surface area contributed by atoms with Crippen LogP contribution in [0.4, 0.5) is 0 Å². The zero-order valence-electron chi connectivity index (χ0n) is 5.69. The number of halogens is 3. The molecule has 0 heterocycles. The smallest absolute Gasteiger partial charge is 0.0527 e. The molecule has 0 bridgehead atoms. The summed E-state index contributed by atoms with van der Waals surface area (Å²) in [5.74, 6) is 0.716. The van der Waals surface area contributed by atoms with Crippen molar-refractivity contribution in [3.05, 3.63) is 11.6 Å². The molecule has 0 N–H and O–H groups in total. The average Bonchev–Trinajstić information content (AvgIpc) is 1.89. The first-order chi connectivity index (χ1) is 4.81. The summed E-state index contributed by atoms with van der Waals surface area (Å²) in [7, 11) is 0. The molecule has 0 aromatic carbocycles. The molecule has 60 valence electrons. The van der Waals surface area contributed by atoms with E-state index in [2.05, 4.69) is 0 Å². The predicted octanol–water partition coefficient (Wildman–Crippen LogP) is 3.76. The molecule has 0 aromatic heterocycles. The van der Waals surface area contributed by atoms with E-state index in [-0.39, 0.29) is 5.38 Å². The first kappa shape index (κ1) is 10.6. The number of alkyl halides is 2. The Morgan fingerprint density at radius 1 is 1.30 bits per heavy atom. The lowest BCUT2D eigenvalue weighted by atomic mass is 10.2. The van der Waals surface area contributed by atoms with Gasteiger partial charge in [-0.2, -0.15) is 0 Å². The third-order valence-corrected chi connectivity index (χ3v) is 1.92. The first-order valence-electron chi connectivity index (χ1n) is 3.28. The highest BCUT2D eigenvalue weighted by Gasteiger charge is 1.97. The van der Waals surface area contributed by atoms with Crippen LogP contribution >= 0.6 is 34.8 Å². The van der Waals surface area contributed by atoms with Crippen molar-refractivity contribution in [1.82, 2.24) is 0 Å². The van der Waals surface area contributed by atoms with Gasteiger partial charge in [0.15, 0.2) is 0 Å². The van der Waals surface area contributed by atoms with E-state index in [4.69, 9.17) is 34.8 Å². The van der Waals surface area contributed by atoms with Gasteiger partial charge in [-0.3, -0.25) is 0 Å². The largest absolute Gasteiger partial charge is 0.127 e. The van der Waals surface area contributed by atoms with E-state index < -0.39 is 0 Å². The molecule has 1 unspecified atom stereocenters. The SMILES string of the molecule is ClC=CC(Cl)CCCCCl. The maximum Gasteiger partial charge on any atom is 0.0527 e. The zero-order valence-corrected chi connectivity index (χ0v) is 7.96. The second-order valence-electron chi connectivity index (χ2n) is 2.02. The number of unbranched alkanes of at least 4 members (excludes halogenated alkanes) is 1. The van der Waals surface area contributed by atoms with Crippen molar-refractivity contribution in [3.63, 3.8) is 0 Å². The summed E-state index contributed by atoms with van der Waals surface area (Å²) in [6.07, 6.45) is 4.83. The molecule has 0 rings (SSSR count). The molecule has 0 spiro atoms. The number of allylic oxidation sites excluding steroid dienone is 1. The van der Waals surface area contributed by atoms with Crippen LogP contribution in [-0.2, 0) is 0 Å². The minimum absolute atomic E-state index is 0.0701. The van der Waals surface area contributed by atoms with Crippen molar-refractivity contribution >= 4 is 34.8 Å². The molecule has 0 amide bonds. The minimum Gasteiger partial charge on any atom is -0.127 e. The van der Waals surface area contributed by atoms with E-state index in [1.54, 1.807) is 6.08 Å². The first-order valence-corrected chi connectivity index (χ1v) is 4.69. The third-order valence-electron chi connectivity index (χ3n) is 1.15. The van der Waals surface area contributed by atoms with Crippen molar-refractivity contribution < 1.29 is 0 Å². The Kier molecular flexibility index (Phi) is 8.18. The Morgan fingerprint density at radius 3 is 2.50 bits per heavy atom. The molecule has 10 heavy (non-hydrogen) atoms. The van der Waals surface area contributed by atoms with Crippen LogP contribution in [-0.4, -0.2) is 11.3 Å². The summed E-state index contributed by atoms with van der Waals surface area (Å²) in [6.45, 7) is 0. The summed E-state index contributed by atoms with van der Waals surface area (Å²) in [4.78, 5) is 0. The van der Waals surface area contributed by atoms with Crippen molar-refractivity contribution in [1.29, 1.82) is 0 Å². The lowest BCUT2D eigenvalue weighted by Gasteiger charge is -2.00. The van der Waals surface area contributed by atoms with Gasteiger partial charge >= 0.3 is 0 Å². The Bertz CT molecular complexity index is 90.9. The molecule has 0 saturated carbocycles. The maximum absolute atomic E-state index is 5.80. The number of hydrogen-bond acceptors (Lipinski definition) is 0. The lowest BCUT2D eigenvalue weighted by molar-refractivity contribution is 0.737. The Balaban J connectivity index is 3.13. The minimum atomic E-state index is 0.0701. The molecule has 0 radical (unpaired) electrons. The van der Waals surface area contributed by atoms with E-state index in [1.807, 2.05) is 0 Å². The van der Waals surface area contributed by atoms with Crippen LogP contribution in [0.15, 0.2) is 11.6 Å². The highest BCUT2D eigenvalue weighted by molar-refractivity contribution is 6.27. The Morgan fingerprint density at radius 2 is 2.00 bits per heavy atom. The average molecular weight is 202 g/mol. The van der Waals surface area contributed by atoms with Crippen LogP contribution in [0, 0.1) is 0 Å². The van der Waals surface area contributed by atoms with Crippen LogP contribution in [0.5, 0.6) is 0 Å². The number of hydrogen-bond donors (Lipinski definition) is 0. The van der Waals surface area contributed by atoms with Gasteiger partial charge in [-0.25, -0.2) is 0 Å². The van der Waals surface area contributed by atoms with Crippen molar-refractivity contribution in [3.8, 4) is 0 Å². The summed E-state index contributed by atoms with van der Waals surface area (Å²) < 4.78 is 0. The summed E-state index contributed by atoms with van der Waals surface area (Å²) in [5.41, 5.74) is 1.46. The molecule has 0 nitrogen and oxygen atoms in total. The van der Waals surface area contributed by atoms with Gasteiger partial charge in [0.2, 0.25) is 0 Å². The van der Waals surface area contributed by atoms with Gasteiger partial charge in [-0.15, -0.1) is 23.2 Å². The molecule has 0 fully saturated rings. The molecular weight excluding hydrogens is 190 g/mol. The van der Waals surface area contributed by atoms with Crippen molar-refractivity contribution in [2.75, 3.05) is 5.88 Å². The van der Waals surface area contributed by atoms with E-state index in [1.165, 1.54) is 5.54 Å². The summed E-state index contributed by atoms with van der Waals surface area (Å²) >= 11 is 16.6. The van der Waals surface area contributed by atoms with Crippen LogP contribution in [0.3, 0.4) is 0 Å². The van der Waals surface area contributed by atoms with Crippen molar-refractivity contribution in [2.45, 2.75) is 24.6 Å². The standard InChI is InChI=1S/C7H11Cl3/c8-5-2-1-3-7(10)4-6-9/h4,6-7H,1-3,5H2. The van der Waals surface area contributed by atoms with Gasteiger partial charge in [0.05, 0.1) is 5.38 Å². The monoisotopic (exact) mass is 200 g/mol. The van der Waals surface area contributed by atoms with E-state index in [0.29, 0.717) is 5.88 Å². The van der Waals surface area contributed by atoms with Gasteiger partial charge < -0.3 is 0 Å². The summed E-state index contributed by atoms with van der Waals surface area (Å²) in [5, 5.41) is 0.0701. The molecule has 3 heteroatoms.